The van der Waals surface area contributed by atoms with Crippen LogP contribution in [0.15, 0.2) is 29.1 Å². The third-order valence-electron chi connectivity index (χ3n) is 4.41. The largest absolute Gasteiger partial charge is 0.493 e. The minimum atomic E-state index is -0.159. The number of aromatic amines is 1. The van der Waals surface area contributed by atoms with Crippen LogP contribution in [0.4, 0.5) is 0 Å². The van der Waals surface area contributed by atoms with E-state index in [-0.39, 0.29) is 5.56 Å². The van der Waals surface area contributed by atoms with Crippen molar-refractivity contribution in [3.05, 3.63) is 45.9 Å². The van der Waals surface area contributed by atoms with Gasteiger partial charge in [-0.2, -0.15) is 0 Å². The highest BCUT2D eigenvalue weighted by Crippen LogP contribution is 2.40. The molecule has 3 aromatic rings. The fourth-order valence-corrected chi connectivity index (χ4v) is 3.25. The van der Waals surface area contributed by atoms with Gasteiger partial charge >= 0.3 is 0 Å². The first-order chi connectivity index (χ1) is 11.7. The maximum atomic E-state index is 12.5. The fourth-order valence-electron chi connectivity index (χ4n) is 3.25. The van der Waals surface area contributed by atoms with Crippen LogP contribution >= 0.6 is 0 Å². The minimum absolute atomic E-state index is 0.159. The monoisotopic (exact) mass is 324 g/mol. The highest BCUT2D eigenvalue weighted by molar-refractivity contribution is 5.94. The summed E-state index contributed by atoms with van der Waals surface area (Å²) in [5.74, 6) is 1.69. The van der Waals surface area contributed by atoms with E-state index in [0.717, 1.165) is 27.9 Å². The Morgan fingerprint density at radius 2 is 1.71 bits per heavy atom. The molecule has 0 bridgehead atoms. The Morgan fingerprint density at radius 1 is 1.00 bits per heavy atom. The average molecular weight is 324 g/mol. The Morgan fingerprint density at radius 3 is 2.38 bits per heavy atom. The number of ether oxygens (including phenoxy) is 3. The van der Waals surface area contributed by atoms with Crippen LogP contribution < -0.4 is 19.8 Å². The SMILES string of the molecule is COc1ccc2c(n1)Cc1c-2[nH]c(=O)c2cc(OC)c(OC)cc12. The first-order valence-corrected chi connectivity index (χ1v) is 7.51. The third-order valence-corrected chi connectivity index (χ3v) is 4.41. The maximum Gasteiger partial charge on any atom is 0.256 e. The predicted octanol–water partition coefficient (Wildman–Crippen LogP) is 2.52. The molecule has 0 aliphatic heterocycles. The highest BCUT2D eigenvalue weighted by Gasteiger charge is 2.25. The van der Waals surface area contributed by atoms with E-state index in [4.69, 9.17) is 14.2 Å². The zero-order valence-corrected chi connectivity index (χ0v) is 13.6. The number of methoxy groups -OCH3 is 3. The standard InChI is InChI=1S/C18H16N2O4/c1-22-14-7-10-11-6-13-9(4-5-16(19-13)24-3)17(11)20-18(21)12(10)8-15(14)23-2/h4-5,7-8H,6H2,1-3H3,(H,20,21). The van der Waals surface area contributed by atoms with Crippen molar-refractivity contribution in [1.29, 1.82) is 0 Å². The zero-order chi connectivity index (χ0) is 16.8. The lowest BCUT2D eigenvalue weighted by Crippen LogP contribution is -2.09. The summed E-state index contributed by atoms with van der Waals surface area (Å²) in [6.45, 7) is 0. The van der Waals surface area contributed by atoms with E-state index in [9.17, 15) is 4.79 Å². The van der Waals surface area contributed by atoms with E-state index in [1.54, 1.807) is 33.5 Å². The van der Waals surface area contributed by atoms with E-state index in [2.05, 4.69) is 9.97 Å². The van der Waals surface area contributed by atoms with Gasteiger partial charge in [0.2, 0.25) is 5.88 Å². The topological polar surface area (TPSA) is 73.4 Å². The number of H-pyrrole nitrogens is 1. The second-order valence-corrected chi connectivity index (χ2v) is 5.59. The van der Waals surface area contributed by atoms with Crippen molar-refractivity contribution in [2.75, 3.05) is 21.3 Å². The molecule has 2 aromatic heterocycles. The molecule has 4 rings (SSSR count). The van der Waals surface area contributed by atoms with E-state index < -0.39 is 0 Å². The van der Waals surface area contributed by atoms with Crippen LogP contribution in [-0.4, -0.2) is 31.3 Å². The van der Waals surface area contributed by atoms with Gasteiger partial charge in [-0.1, -0.05) is 0 Å². The second-order valence-electron chi connectivity index (χ2n) is 5.59. The Bertz CT molecular complexity index is 1020. The minimum Gasteiger partial charge on any atom is -0.493 e. The fraction of sp³-hybridized carbons (Fsp3) is 0.222. The number of pyridine rings is 2. The Kier molecular flexibility index (Phi) is 3.19. The lowest BCUT2D eigenvalue weighted by molar-refractivity contribution is 0.356. The van der Waals surface area contributed by atoms with Crippen molar-refractivity contribution in [2.45, 2.75) is 6.42 Å². The summed E-state index contributed by atoms with van der Waals surface area (Å²) in [7, 11) is 4.72. The Labute approximate surface area is 138 Å². The molecule has 0 amide bonds. The number of rotatable bonds is 3. The quantitative estimate of drug-likeness (QED) is 0.627. The van der Waals surface area contributed by atoms with Gasteiger partial charge in [-0.15, -0.1) is 0 Å². The summed E-state index contributed by atoms with van der Waals surface area (Å²) in [5.41, 5.74) is 3.50. The third kappa shape index (κ3) is 1.96. The van der Waals surface area contributed by atoms with Crippen molar-refractivity contribution in [3.8, 4) is 28.6 Å². The molecule has 0 saturated heterocycles. The van der Waals surface area contributed by atoms with Crippen LogP contribution in [0.25, 0.3) is 22.0 Å². The molecule has 6 heteroatoms. The molecule has 122 valence electrons. The van der Waals surface area contributed by atoms with Crippen LogP contribution in [-0.2, 0) is 6.42 Å². The van der Waals surface area contributed by atoms with E-state index in [0.29, 0.717) is 29.2 Å². The molecule has 6 nitrogen and oxygen atoms in total. The second kappa shape index (κ2) is 5.26. The number of hydrogen-bond donors (Lipinski definition) is 1. The van der Waals surface area contributed by atoms with Crippen LogP contribution in [0, 0.1) is 0 Å². The average Bonchev–Trinajstić information content (AvgIpc) is 2.98. The van der Waals surface area contributed by atoms with Gasteiger partial charge in [0, 0.05) is 18.1 Å². The summed E-state index contributed by atoms with van der Waals surface area (Å²) in [5, 5.41) is 1.43. The first kappa shape index (κ1) is 14.6. The van der Waals surface area contributed by atoms with Gasteiger partial charge in [0.1, 0.15) is 0 Å². The lowest BCUT2D eigenvalue weighted by Gasteiger charge is -2.11. The predicted molar refractivity (Wildman–Crippen MR) is 90.3 cm³/mol. The smallest absolute Gasteiger partial charge is 0.256 e. The van der Waals surface area contributed by atoms with E-state index in [1.165, 1.54) is 0 Å². The first-order valence-electron chi connectivity index (χ1n) is 7.51. The van der Waals surface area contributed by atoms with Gasteiger partial charge in [-0.25, -0.2) is 4.98 Å². The molecule has 24 heavy (non-hydrogen) atoms. The van der Waals surface area contributed by atoms with Crippen molar-refractivity contribution in [1.82, 2.24) is 9.97 Å². The molecule has 0 spiro atoms. The molecular weight excluding hydrogens is 308 g/mol. The number of nitrogens with zero attached hydrogens (tertiary/aromatic N) is 1. The molecular formula is C18H16N2O4. The normalized spacial score (nSPS) is 12.0. The van der Waals surface area contributed by atoms with Gasteiger partial charge in [0.15, 0.2) is 11.5 Å². The summed E-state index contributed by atoms with van der Waals surface area (Å²) >= 11 is 0. The number of aromatic nitrogens is 2. The number of hydrogen-bond acceptors (Lipinski definition) is 5. The Hall–Kier alpha value is -3.02. The number of fused-ring (bicyclic) bond motifs is 5. The van der Waals surface area contributed by atoms with Gasteiger partial charge < -0.3 is 19.2 Å². The molecule has 0 fully saturated rings. The molecule has 0 atom stereocenters. The van der Waals surface area contributed by atoms with Crippen molar-refractivity contribution >= 4 is 10.8 Å². The molecule has 1 N–H and O–H groups in total. The molecule has 2 heterocycles. The number of benzene rings is 1. The van der Waals surface area contributed by atoms with Crippen molar-refractivity contribution in [2.24, 2.45) is 0 Å². The molecule has 1 aliphatic carbocycles. The van der Waals surface area contributed by atoms with Crippen LogP contribution in [0.1, 0.15) is 11.3 Å². The van der Waals surface area contributed by atoms with Crippen LogP contribution in [0.5, 0.6) is 17.4 Å². The summed E-state index contributed by atoms with van der Waals surface area (Å²) in [4.78, 5) is 20.0. The van der Waals surface area contributed by atoms with Gasteiger partial charge in [0.05, 0.1) is 38.1 Å². The highest BCUT2D eigenvalue weighted by atomic mass is 16.5. The lowest BCUT2D eigenvalue weighted by atomic mass is 10.0. The Balaban J connectivity index is 2.02. The van der Waals surface area contributed by atoms with Gasteiger partial charge in [0.25, 0.3) is 5.56 Å². The van der Waals surface area contributed by atoms with E-state index >= 15 is 0 Å². The van der Waals surface area contributed by atoms with Gasteiger partial charge in [-0.3, -0.25) is 4.79 Å². The molecule has 1 aliphatic rings. The van der Waals surface area contributed by atoms with Gasteiger partial charge in [-0.05, 0) is 29.1 Å². The molecule has 1 aromatic carbocycles. The van der Waals surface area contributed by atoms with Crippen LogP contribution in [0.2, 0.25) is 0 Å². The summed E-state index contributed by atoms with van der Waals surface area (Å²) < 4.78 is 15.9. The molecule has 0 unspecified atom stereocenters. The summed E-state index contributed by atoms with van der Waals surface area (Å²) in [6.07, 6.45) is 0.630. The maximum absolute atomic E-state index is 12.5. The van der Waals surface area contributed by atoms with E-state index in [1.807, 2.05) is 12.1 Å². The zero-order valence-electron chi connectivity index (χ0n) is 13.6. The summed E-state index contributed by atoms with van der Waals surface area (Å²) in [6, 6.07) is 7.29. The van der Waals surface area contributed by atoms with Crippen molar-refractivity contribution in [3.63, 3.8) is 0 Å². The molecule has 0 saturated carbocycles. The van der Waals surface area contributed by atoms with Crippen LogP contribution in [0.3, 0.4) is 0 Å². The number of nitrogens with one attached hydrogen (secondary N) is 1. The van der Waals surface area contributed by atoms with Crippen molar-refractivity contribution < 1.29 is 14.2 Å². The molecule has 0 radical (unpaired) electrons.